The highest BCUT2D eigenvalue weighted by molar-refractivity contribution is 5.68. The molecular formula is C6H9N3O2. The summed E-state index contributed by atoms with van der Waals surface area (Å²) < 4.78 is 0. The van der Waals surface area contributed by atoms with E-state index < -0.39 is 5.97 Å². The second-order valence-corrected chi connectivity index (χ2v) is 2.08. The minimum atomic E-state index is -0.857. The number of aromatic amines is 1. The van der Waals surface area contributed by atoms with Crippen LogP contribution in [0.1, 0.15) is 5.69 Å². The van der Waals surface area contributed by atoms with E-state index in [0.717, 1.165) is 5.69 Å². The van der Waals surface area contributed by atoms with Crippen LogP contribution in [0.3, 0.4) is 0 Å². The van der Waals surface area contributed by atoms with Crippen molar-refractivity contribution in [2.75, 3.05) is 6.54 Å². The summed E-state index contributed by atoms with van der Waals surface area (Å²) in [6.45, 7) is 0.477. The smallest absolute Gasteiger partial charge is 0.317 e. The van der Waals surface area contributed by atoms with Crippen LogP contribution in [-0.2, 0) is 11.3 Å². The van der Waals surface area contributed by atoms with E-state index in [2.05, 4.69) is 15.5 Å². The average Bonchev–Trinajstić information content (AvgIpc) is 2.39. The topological polar surface area (TPSA) is 78.0 Å². The van der Waals surface area contributed by atoms with Crippen LogP contribution in [-0.4, -0.2) is 27.8 Å². The van der Waals surface area contributed by atoms with Crippen LogP contribution in [0.4, 0.5) is 0 Å². The molecule has 1 rings (SSSR count). The van der Waals surface area contributed by atoms with Crippen molar-refractivity contribution in [2.45, 2.75) is 6.54 Å². The fourth-order valence-corrected chi connectivity index (χ4v) is 0.687. The molecule has 0 unspecified atom stereocenters. The highest BCUT2D eigenvalue weighted by Crippen LogP contribution is 1.88. The fraction of sp³-hybridized carbons (Fsp3) is 0.333. The molecule has 0 bridgehead atoms. The highest BCUT2D eigenvalue weighted by atomic mass is 16.4. The molecule has 0 aliphatic carbocycles. The van der Waals surface area contributed by atoms with Gasteiger partial charge in [-0.25, -0.2) is 0 Å². The van der Waals surface area contributed by atoms with Gasteiger partial charge >= 0.3 is 5.97 Å². The van der Waals surface area contributed by atoms with Gasteiger partial charge in [0.2, 0.25) is 0 Å². The number of carboxylic acids is 1. The first-order valence-corrected chi connectivity index (χ1v) is 3.20. The van der Waals surface area contributed by atoms with Gasteiger partial charge in [-0.2, -0.15) is 5.10 Å². The third-order valence-corrected chi connectivity index (χ3v) is 1.15. The van der Waals surface area contributed by atoms with Crippen LogP contribution in [0.15, 0.2) is 12.3 Å². The number of hydrogen-bond acceptors (Lipinski definition) is 3. The van der Waals surface area contributed by atoms with Crippen molar-refractivity contribution in [3.63, 3.8) is 0 Å². The summed E-state index contributed by atoms with van der Waals surface area (Å²) in [4.78, 5) is 10.0. The van der Waals surface area contributed by atoms with Crippen molar-refractivity contribution in [3.8, 4) is 0 Å². The summed E-state index contributed by atoms with van der Waals surface area (Å²) in [6, 6.07) is 1.79. The third kappa shape index (κ3) is 2.81. The Balaban J connectivity index is 2.19. The molecule has 0 aliphatic rings. The zero-order chi connectivity index (χ0) is 8.10. The fourth-order valence-electron chi connectivity index (χ4n) is 0.687. The second-order valence-electron chi connectivity index (χ2n) is 2.08. The first-order valence-electron chi connectivity index (χ1n) is 3.20. The summed E-state index contributed by atoms with van der Waals surface area (Å²) in [6.07, 6.45) is 1.62. The van der Waals surface area contributed by atoms with Crippen LogP contribution in [0.25, 0.3) is 0 Å². The molecule has 0 saturated carbocycles. The van der Waals surface area contributed by atoms with Gasteiger partial charge in [0.25, 0.3) is 0 Å². The van der Waals surface area contributed by atoms with Crippen molar-refractivity contribution < 1.29 is 9.90 Å². The molecular weight excluding hydrogens is 146 g/mol. The number of aliphatic carboxylic acids is 1. The lowest BCUT2D eigenvalue weighted by atomic mass is 10.4. The highest BCUT2D eigenvalue weighted by Gasteiger charge is 1.95. The van der Waals surface area contributed by atoms with E-state index in [1.165, 1.54) is 0 Å². The zero-order valence-electron chi connectivity index (χ0n) is 5.87. The zero-order valence-corrected chi connectivity index (χ0v) is 5.87. The Morgan fingerprint density at radius 3 is 3.18 bits per heavy atom. The van der Waals surface area contributed by atoms with Gasteiger partial charge in [0, 0.05) is 18.4 Å². The quantitative estimate of drug-likeness (QED) is 0.552. The SMILES string of the molecule is O=C(O)CNCc1ccn[nH]1. The van der Waals surface area contributed by atoms with Gasteiger partial charge in [0.05, 0.1) is 6.54 Å². The van der Waals surface area contributed by atoms with Crippen LogP contribution in [0.5, 0.6) is 0 Å². The largest absolute Gasteiger partial charge is 0.480 e. The molecule has 0 amide bonds. The maximum absolute atomic E-state index is 10.0. The van der Waals surface area contributed by atoms with Crippen molar-refractivity contribution in [2.24, 2.45) is 0 Å². The van der Waals surface area contributed by atoms with E-state index in [1.54, 1.807) is 12.3 Å². The number of nitrogens with zero attached hydrogens (tertiary/aromatic N) is 1. The molecule has 1 aromatic heterocycles. The van der Waals surface area contributed by atoms with Gasteiger partial charge < -0.3 is 10.4 Å². The molecule has 0 saturated heterocycles. The Hall–Kier alpha value is -1.36. The molecule has 5 nitrogen and oxygen atoms in total. The van der Waals surface area contributed by atoms with Crippen LogP contribution in [0.2, 0.25) is 0 Å². The van der Waals surface area contributed by atoms with E-state index in [1.807, 2.05) is 0 Å². The molecule has 0 spiro atoms. The normalized spacial score (nSPS) is 9.82. The Morgan fingerprint density at radius 1 is 1.82 bits per heavy atom. The molecule has 3 N–H and O–H groups in total. The lowest BCUT2D eigenvalue weighted by Crippen LogP contribution is -2.21. The molecule has 0 aromatic carbocycles. The first kappa shape index (κ1) is 7.74. The number of nitrogens with one attached hydrogen (secondary N) is 2. The Morgan fingerprint density at radius 2 is 2.64 bits per heavy atom. The van der Waals surface area contributed by atoms with E-state index in [9.17, 15) is 4.79 Å². The number of carbonyl (C=O) groups is 1. The molecule has 0 atom stereocenters. The van der Waals surface area contributed by atoms with Gasteiger partial charge in [0.15, 0.2) is 0 Å². The van der Waals surface area contributed by atoms with Crippen molar-refractivity contribution in [1.82, 2.24) is 15.5 Å². The minimum Gasteiger partial charge on any atom is -0.480 e. The van der Waals surface area contributed by atoms with Crippen molar-refractivity contribution in [3.05, 3.63) is 18.0 Å². The van der Waals surface area contributed by atoms with E-state index in [0.29, 0.717) is 6.54 Å². The first-order chi connectivity index (χ1) is 5.29. The van der Waals surface area contributed by atoms with Crippen LogP contribution < -0.4 is 5.32 Å². The lowest BCUT2D eigenvalue weighted by molar-refractivity contribution is -0.135. The molecule has 1 aromatic rings. The molecule has 0 fully saturated rings. The Kier molecular flexibility index (Phi) is 2.62. The molecule has 60 valence electrons. The predicted octanol–water partition coefficient (Wildman–Crippen LogP) is -0.416. The average molecular weight is 155 g/mol. The lowest BCUT2D eigenvalue weighted by Gasteiger charge is -1.96. The minimum absolute atomic E-state index is 0.0288. The predicted molar refractivity (Wildman–Crippen MR) is 37.9 cm³/mol. The van der Waals surface area contributed by atoms with E-state index >= 15 is 0 Å². The summed E-state index contributed by atoms with van der Waals surface area (Å²) in [5, 5.41) is 17.4. The molecule has 5 heteroatoms. The van der Waals surface area contributed by atoms with Crippen molar-refractivity contribution in [1.29, 1.82) is 0 Å². The van der Waals surface area contributed by atoms with Gasteiger partial charge in [0.1, 0.15) is 0 Å². The second kappa shape index (κ2) is 3.72. The Labute approximate surface area is 63.4 Å². The maximum Gasteiger partial charge on any atom is 0.317 e. The summed E-state index contributed by atoms with van der Waals surface area (Å²) >= 11 is 0. The Bertz CT molecular complexity index is 220. The standard InChI is InChI=1S/C6H9N3O2/c10-6(11)4-7-3-5-1-2-8-9-5/h1-2,7H,3-4H2,(H,8,9)(H,10,11). The number of H-pyrrole nitrogens is 1. The number of aromatic nitrogens is 2. The van der Waals surface area contributed by atoms with Crippen molar-refractivity contribution >= 4 is 5.97 Å². The van der Waals surface area contributed by atoms with Gasteiger partial charge in [-0.1, -0.05) is 0 Å². The molecule has 1 heterocycles. The van der Waals surface area contributed by atoms with E-state index in [4.69, 9.17) is 5.11 Å². The van der Waals surface area contributed by atoms with Gasteiger partial charge in [-0.3, -0.25) is 9.89 Å². The summed E-state index contributed by atoms with van der Waals surface area (Å²) in [5.74, 6) is -0.857. The van der Waals surface area contributed by atoms with E-state index in [-0.39, 0.29) is 6.54 Å². The third-order valence-electron chi connectivity index (χ3n) is 1.15. The summed E-state index contributed by atoms with van der Waals surface area (Å²) in [7, 11) is 0. The molecule has 0 radical (unpaired) electrons. The maximum atomic E-state index is 10.0. The number of rotatable bonds is 4. The van der Waals surface area contributed by atoms with Crippen LogP contribution >= 0.6 is 0 Å². The summed E-state index contributed by atoms with van der Waals surface area (Å²) in [5.41, 5.74) is 0.881. The number of carboxylic acid groups (broad SMARTS) is 1. The number of hydrogen-bond donors (Lipinski definition) is 3. The van der Waals surface area contributed by atoms with Gasteiger partial charge in [-0.05, 0) is 6.07 Å². The monoisotopic (exact) mass is 155 g/mol. The molecule has 0 aliphatic heterocycles. The van der Waals surface area contributed by atoms with Gasteiger partial charge in [-0.15, -0.1) is 0 Å². The van der Waals surface area contributed by atoms with Crippen LogP contribution in [0, 0.1) is 0 Å². The molecule has 11 heavy (non-hydrogen) atoms.